The zero-order chi connectivity index (χ0) is 22.0. The quantitative estimate of drug-likeness (QED) is 0.757. The highest BCUT2D eigenvalue weighted by molar-refractivity contribution is 5.97. The first-order valence-corrected chi connectivity index (χ1v) is 10.2. The Morgan fingerprint density at radius 3 is 2.52 bits per heavy atom. The van der Waals surface area contributed by atoms with Crippen LogP contribution in [0.15, 0.2) is 28.7 Å². The van der Waals surface area contributed by atoms with E-state index < -0.39 is 0 Å². The van der Waals surface area contributed by atoms with Crippen molar-refractivity contribution in [3.8, 4) is 11.5 Å². The Morgan fingerprint density at radius 1 is 1.06 bits per heavy atom. The average molecular weight is 427 g/mol. The lowest BCUT2D eigenvalue weighted by Crippen LogP contribution is -2.45. The van der Waals surface area contributed by atoms with Crippen molar-refractivity contribution in [2.24, 2.45) is 5.92 Å². The molecule has 0 radical (unpaired) electrons. The largest absolute Gasteiger partial charge is 0.466 e. The maximum absolute atomic E-state index is 12.6. The van der Waals surface area contributed by atoms with Crippen LogP contribution in [0, 0.1) is 19.8 Å². The van der Waals surface area contributed by atoms with E-state index in [-0.39, 0.29) is 37.0 Å². The van der Waals surface area contributed by atoms with Gasteiger partial charge in [-0.3, -0.25) is 14.4 Å². The number of amides is 3. The number of carbonyl (C=O) groups is 3. The van der Waals surface area contributed by atoms with Crippen LogP contribution in [-0.2, 0) is 9.59 Å². The van der Waals surface area contributed by atoms with E-state index in [1.807, 2.05) is 0 Å². The summed E-state index contributed by atoms with van der Waals surface area (Å²) in [4.78, 5) is 39.0. The second-order valence-corrected chi connectivity index (χ2v) is 7.72. The number of furan rings is 1. The number of hydrogen-bond donors (Lipinski definition) is 2. The molecule has 2 aliphatic heterocycles. The predicted molar refractivity (Wildman–Crippen MR) is 111 cm³/mol. The minimum absolute atomic E-state index is 0.0786. The molecule has 9 nitrogen and oxygen atoms in total. The fourth-order valence-electron chi connectivity index (χ4n) is 3.83. The highest BCUT2D eigenvalue weighted by Crippen LogP contribution is 2.34. The standard InChI is InChI=1S/C22H25N3O6/c1-13-9-17(14(2)31-13)22(28)23-11-20(26)25-7-5-15(6-8-25)21(27)24-16-3-4-18-19(10-16)30-12-29-18/h3-4,9-10,15H,5-8,11-12H2,1-2H3,(H,23,28)(H,24,27). The Hall–Kier alpha value is -3.49. The van der Waals surface area contributed by atoms with Crippen LogP contribution in [-0.4, -0.2) is 49.0 Å². The van der Waals surface area contributed by atoms with Crippen molar-refractivity contribution in [3.05, 3.63) is 41.3 Å². The molecule has 2 N–H and O–H groups in total. The maximum atomic E-state index is 12.6. The first-order chi connectivity index (χ1) is 14.9. The Balaban J connectivity index is 1.23. The van der Waals surface area contributed by atoms with Crippen LogP contribution >= 0.6 is 0 Å². The zero-order valence-electron chi connectivity index (χ0n) is 17.5. The van der Waals surface area contributed by atoms with E-state index in [4.69, 9.17) is 13.9 Å². The summed E-state index contributed by atoms with van der Waals surface area (Å²) in [5.41, 5.74) is 1.09. The topological polar surface area (TPSA) is 110 Å². The van der Waals surface area contributed by atoms with Crippen LogP contribution < -0.4 is 20.1 Å². The monoisotopic (exact) mass is 427 g/mol. The molecule has 1 fully saturated rings. The highest BCUT2D eigenvalue weighted by atomic mass is 16.7. The molecule has 0 aliphatic carbocycles. The SMILES string of the molecule is Cc1cc(C(=O)NCC(=O)N2CCC(C(=O)Nc3ccc4c(c3)OCO4)CC2)c(C)o1. The fraction of sp³-hybridized carbons (Fsp3) is 0.409. The van der Waals surface area contributed by atoms with Crippen LogP contribution in [0.5, 0.6) is 11.5 Å². The van der Waals surface area contributed by atoms with E-state index in [9.17, 15) is 14.4 Å². The average Bonchev–Trinajstić information content (AvgIpc) is 3.36. The van der Waals surface area contributed by atoms with Crippen molar-refractivity contribution >= 4 is 23.4 Å². The van der Waals surface area contributed by atoms with E-state index in [2.05, 4.69) is 10.6 Å². The third-order valence-electron chi connectivity index (χ3n) is 5.54. The summed E-state index contributed by atoms with van der Waals surface area (Å²) in [7, 11) is 0. The number of likely N-dealkylation sites (tertiary alicyclic amines) is 1. The van der Waals surface area contributed by atoms with Gasteiger partial charge in [0.25, 0.3) is 5.91 Å². The second-order valence-electron chi connectivity index (χ2n) is 7.72. The molecule has 2 aliphatic rings. The van der Waals surface area contributed by atoms with Crippen molar-refractivity contribution in [2.75, 3.05) is 31.7 Å². The molecule has 0 saturated carbocycles. The second kappa shape index (κ2) is 8.71. The molecule has 1 aromatic heterocycles. The van der Waals surface area contributed by atoms with Crippen LogP contribution in [0.1, 0.15) is 34.7 Å². The van der Waals surface area contributed by atoms with Gasteiger partial charge in [-0.15, -0.1) is 0 Å². The lowest BCUT2D eigenvalue weighted by molar-refractivity contribution is -0.133. The number of anilines is 1. The summed E-state index contributed by atoms with van der Waals surface area (Å²) in [5.74, 6) is 1.69. The van der Waals surface area contributed by atoms with Gasteiger partial charge in [0.15, 0.2) is 11.5 Å². The van der Waals surface area contributed by atoms with Gasteiger partial charge in [0, 0.05) is 30.8 Å². The molecular formula is C22H25N3O6. The normalized spacial score (nSPS) is 15.6. The van der Waals surface area contributed by atoms with Crippen LogP contribution in [0.2, 0.25) is 0 Å². The molecule has 2 aromatic rings. The molecule has 164 valence electrons. The number of carbonyl (C=O) groups excluding carboxylic acids is 3. The van der Waals surface area contributed by atoms with Gasteiger partial charge in [-0.2, -0.15) is 0 Å². The summed E-state index contributed by atoms with van der Waals surface area (Å²) < 4.78 is 16.0. The zero-order valence-corrected chi connectivity index (χ0v) is 17.5. The Bertz CT molecular complexity index is 1010. The van der Waals surface area contributed by atoms with E-state index in [0.29, 0.717) is 60.2 Å². The van der Waals surface area contributed by atoms with Gasteiger partial charge in [-0.05, 0) is 44.9 Å². The summed E-state index contributed by atoms with van der Waals surface area (Å²) in [6.45, 7) is 4.51. The van der Waals surface area contributed by atoms with Gasteiger partial charge in [-0.25, -0.2) is 0 Å². The molecular weight excluding hydrogens is 402 g/mol. The molecule has 0 spiro atoms. The predicted octanol–water partition coefficient (Wildman–Crippen LogP) is 2.23. The minimum atomic E-state index is -0.333. The third kappa shape index (κ3) is 4.65. The van der Waals surface area contributed by atoms with Crippen LogP contribution in [0.4, 0.5) is 5.69 Å². The maximum Gasteiger partial charge on any atom is 0.255 e. The number of benzene rings is 1. The van der Waals surface area contributed by atoms with Gasteiger partial charge >= 0.3 is 0 Å². The molecule has 31 heavy (non-hydrogen) atoms. The number of piperidine rings is 1. The molecule has 1 saturated heterocycles. The minimum Gasteiger partial charge on any atom is -0.466 e. The highest BCUT2D eigenvalue weighted by Gasteiger charge is 2.28. The summed E-state index contributed by atoms with van der Waals surface area (Å²) >= 11 is 0. The Morgan fingerprint density at radius 2 is 1.81 bits per heavy atom. The smallest absolute Gasteiger partial charge is 0.255 e. The van der Waals surface area contributed by atoms with E-state index >= 15 is 0 Å². The molecule has 0 bridgehead atoms. The number of aryl methyl sites for hydroxylation is 2. The first-order valence-electron chi connectivity index (χ1n) is 10.2. The molecule has 3 amide bonds. The van der Waals surface area contributed by atoms with E-state index in [1.165, 1.54) is 0 Å². The van der Waals surface area contributed by atoms with Gasteiger partial charge in [0.05, 0.1) is 12.1 Å². The molecule has 3 heterocycles. The number of rotatable bonds is 5. The summed E-state index contributed by atoms with van der Waals surface area (Å²) in [6, 6.07) is 6.93. The van der Waals surface area contributed by atoms with E-state index in [0.717, 1.165) is 0 Å². The molecule has 0 atom stereocenters. The summed E-state index contributed by atoms with van der Waals surface area (Å²) in [6.07, 6.45) is 1.13. The Labute approximate surface area is 179 Å². The fourth-order valence-corrected chi connectivity index (χ4v) is 3.83. The molecule has 1 aromatic carbocycles. The summed E-state index contributed by atoms with van der Waals surface area (Å²) in [5, 5.41) is 5.55. The van der Waals surface area contributed by atoms with Crippen LogP contribution in [0.25, 0.3) is 0 Å². The van der Waals surface area contributed by atoms with Gasteiger partial charge in [-0.1, -0.05) is 0 Å². The van der Waals surface area contributed by atoms with Gasteiger partial charge in [0.2, 0.25) is 18.6 Å². The molecule has 9 heteroatoms. The number of ether oxygens (including phenoxy) is 2. The number of nitrogens with zero attached hydrogens (tertiary/aromatic N) is 1. The first kappa shape index (κ1) is 20.8. The molecule has 0 unspecified atom stereocenters. The molecule has 4 rings (SSSR count). The van der Waals surface area contributed by atoms with Crippen molar-refractivity contribution in [3.63, 3.8) is 0 Å². The van der Waals surface area contributed by atoms with E-state index in [1.54, 1.807) is 43.0 Å². The number of nitrogens with one attached hydrogen (secondary N) is 2. The Kier molecular flexibility index (Phi) is 5.83. The van der Waals surface area contributed by atoms with Crippen molar-refractivity contribution in [1.29, 1.82) is 0 Å². The lowest BCUT2D eigenvalue weighted by Gasteiger charge is -2.31. The van der Waals surface area contributed by atoms with Crippen LogP contribution in [0.3, 0.4) is 0 Å². The van der Waals surface area contributed by atoms with Crippen molar-refractivity contribution in [1.82, 2.24) is 10.2 Å². The van der Waals surface area contributed by atoms with Crippen molar-refractivity contribution < 1.29 is 28.3 Å². The van der Waals surface area contributed by atoms with Gasteiger partial charge < -0.3 is 29.4 Å². The number of hydrogen-bond acceptors (Lipinski definition) is 6. The third-order valence-corrected chi connectivity index (χ3v) is 5.54. The van der Waals surface area contributed by atoms with Gasteiger partial charge in [0.1, 0.15) is 11.5 Å². The van der Waals surface area contributed by atoms with Crippen molar-refractivity contribution in [2.45, 2.75) is 26.7 Å². The number of fused-ring (bicyclic) bond motifs is 1. The lowest BCUT2D eigenvalue weighted by atomic mass is 9.95.